The molecule has 0 aliphatic carbocycles. The zero-order chi connectivity index (χ0) is 13.8. The summed E-state index contributed by atoms with van der Waals surface area (Å²) in [5, 5.41) is 45.0. The molecule has 5 atom stereocenters. The van der Waals surface area contributed by atoms with Gasteiger partial charge in [0.2, 0.25) is 0 Å². The minimum Gasteiger partial charge on any atom is -0.387 e. The van der Waals surface area contributed by atoms with Crippen molar-refractivity contribution < 1.29 is 49.2 Å². The van der Waals surface area contributed by atoms with E-state index >= 15 is 0 Å². The second-order valence-electron chi connectivity index (χ2n) is 3.09. The number of rotatable bonds is 7. The van der Waals surface area contributed by atoms with Crippen molar-refractivity contribution in [1.82, 2.24) is 0 Å². The number of phosphoric acid groups is 1. The first-order chi connectivity index (χ1) is 7.60. The smallest absolute Gasteiger partial charge is 0.387 e. The number of hydrogen-bond donors (Lipinski definition) is 7. The van der Waals surface area contributed by atoms with Crippen molar-refractivity contribution in [2.75, 3.05) is 0 Å². The van der Waals surface area contributed by atoms with Gasteiger partial charge in [0.25, 0.3) is 0 Å². The maximum absolute atomic E-state index is 10.3. The standard InChI is InChI=1S/C6H13O10P/c7-1-2(8)3(9)4(10)5(11)6(12)16-17(13,14)15/h1-6,8-12H,(H2,13,14,15)/t2-,3-,4+,5+,6?/m1/s1. The van der Waals surface area contributed by atoms with Crippen LogP contribution in [0.5, 0.6) is 0 Å². The molecule has 0 aromatic heterocycles. The molecule has 0 saturated heterocycles. The molecule has 0 aromatic carbocycles. The third-order valence-corrected chi connectivity index (χ3v) is 2.22. The van der Waals surface area contributed by atoms with E-state index in [0.717, 1.165) is 0 Å². The van der Waals surface area contributed by atoms with Crippen LogP contribution in [0, 0.1) is 0 Å². The molecule has 0 heterocycles. The number of aldehydes is 1. The van der Waals surface area contributed by atoms with Crippen LogP contribution >= 0.6 is 7.82 Å². The maximum Gasteiger partial charge on any atom is 0.472 e. The van der Waals surface area contributed by atoms with Gasteiger partial charge in [-0.15, -0.1) is 0 Å². The molecule has 0 spiro atoms. The van der Waals surface area contributed by atoms with Gasteiger partial charge in [-0.3, -0.25) is 4.52 Å². The molecule has 0 amide bonds. The molecule has 17 heavy (non-hydrogen) atoms. The van der Waals surface area contributed by atoms with Gasteiger partial charge in [0, 0.05) is 0 Å². The van der Waals surface area contributed by atoms with E-state index in [1.165, 1.54) is 0 Å². The van der Waals surface area contributed by atoms with Gasteiger partial charge in [-0.25, -0.2) is 4.57 Å². The molecule has 0 saturated carbocycles. The molecule has 11 heteroatoms. The summed E-state index contributed by atoms with van der Waals surface area (Å²) < 4.78 is 13.9. The van der Waals surface area contributed by atoms with Crippen molar-refractivity contribution in [3.8, 4) is 0 Å². The Kier molecular flexibility index (Phi) is 6.34. The second-order valence-corrected chi connectivity index (χ2v) is 4.28. The number of carbonyl (C=O) groups excluding carboxylic acids is 1. The molecular formula is C6H13O10P. The van der Waals surface area contributed by atoms with Gasteiger partial charge in [-0.1, -0.05) is 0 Å². The van der Waals surface area contributed by atoms with Crippen molar-refractivity contribution >= 4 is 14.1 Å². The highest BCUT2D eigenvalue weighted by atomic mass is 31.2. The van der Waals surface area contributed by atoms with E-state index in [4.69, 9.17) is 35.3 Å². The van der Waals surface area contributed by atoms with Gasteiger partial charge >= 0.3 is 7.82 Å². The molecule has 0 fully saturated rings. The molecule has 7 N–H and O–H groups in total. The molecule has 0 aliphatic heterocycles. The quantitative estimate of drug-likeness (QED) is 0.137. The minimum absolute atomic E-state index is 0.142. The van der Waals surface area contributed by atoms with Crippen LogP contribution in [-0.4, -0.2) is 72.3 Å². The summed E-state index contributed by atoms with van der Waals surface area (Å²) in [5.74, 6) is 0. The molecule has 0 aromatic rings. The van der Waals surface area contributed by atoms with E-state index in [1.54, 1.807) is 0 Å². The van der Waals surface area contributed by atoms with E-state index in [0.29, 0.717) is 0 Å². The van der Waals surface area contributed by atoms with Crippen molar-refractivity contribution in [3.63, 3.8) is 0 Å². The van der Waals surface area contributed by atoms with Gasteiger partial charge in [0.15, 0.2) is 12.6 Å². The van der Waals surface area contributed by atoms with E-state index in [9.17, 15) is 9.36 Å². The zero-order valence-electron chi connectivity index (χ0n) is 8.27. The molecule has 102 valence electrons. The summed E-state index contributed by atoms with van der Waals surface area (Å²) in [6.45, 7) is 0. The lowest BCUT2D eigenvalue weighted by molar-refractivity contribution is -0.182. The van der Waals surface area contributed by atoms with Crippen LogP contribution in [0.4, 0.5) is 0 Å². The highest BCUT2D eigenvalue weighted by molar-refractivity contribution is 7.46. The molecule has 1 unspecified atom stereocenters. The number of aliphatic hydroxyl groups is 5. The molecule has 0 aliphatic rings. The second kappa shape index (κ2) is 6.50. The molecule has 0 radical (unpaired) electrons. The Labute approximate surface area is 94.9 Å². The van der Waals surface area contributed by atoms with Crippen LogP contribution in [-0.2, 0) is 13.9 Å². The largest absolute Gasteiger partial charge is 0.472 e. The van der Waals surface area contributed by atoms with E-state index < -0.39 is 38.5 Å². The topological polar surface area (TPSA) is 185 Å². The van der Waals surface area contributed by atoms with Crippen LogP contribution in [0.1, 0.15) is 0 Å². The van der Waals surface area contributed by atoms with Gasteiger partial charge in [-0.05, 0) is 0 Å². The fourth-order valence-corrected chi connectivity index (χ4v) is 1.26. The van der Waals surface area contributed by atoms with Crippen LogP contribution in [0.3, 0.4) is 0 Å². The fraction of sp³-hybridized carbons (Fsp3) is 0.833. The van der Waals surface area contributed by atoms with E-state index in [1.807, 2.05) is 0 Å². The Morgan fingerprint density at radius 3 is 1.76 bits per heavy atom. The van der Waals surface area contributed by atoms with Crippen LogP contribution in [0.2, 0.25) is 0 Å². The summed E-state index contributed by atoms with van der Waals surface area (Å²) in [4.78, 5) is 26.6. The van der Waals surface area contributed by atoms with Gasteiger partial charge in [-0.2, -0.15) is 0 Å². The Balaban J connectivity index is 4.53. The van der Waals surface area contributed by atoms with E-state index in [-0.39, 0.29) is 6.29 Å². The van der Waals surface area contributed by atoms with Crippen molar-refractivity contribution in [3.05, 3.63) is 0 Å². The average molecular weight is 276 g/mol. The highest BCUT2D eigenvalue weighted by Crippen LogP contribution is 2.37. The predicted molar refractivity (Wildman–Crippen MR) is 49.2 cm³/mol. The SMILES string of the molecule is O=C[C@@H](O)[C@@H](O)[C@H](O)[C@H](O)C(O)OP(=O)(O)O. The summed E-state index contributed by atoms with van der Waals surface area (Å²) >= 11 is 0. The molecule has 0 bridgehead atoms. The van der Waals surface area contributed by atoms with E-state index in [2.05, 4.69) is 4.52 Å². The Morgan fingerprint density at radius 1 is 0.941 bits per heavy atom. The average Bonchev–Trinajstić information content (AvgIpc) is 2.22. The summed E-state index contributed by atoms with van der Waals surface area (Å²) in [6.07, 6.45) is -11.4. The Hall–Kier alpha value is -0.420. The Bertz CT molecular complexity index is 289. The number of phosphoric ester groups is 1. The molecule has 10 nitrogen and oxygen atoms in total. The van der Waals surface area contributed by atoms with Gasteiger partial charge < -0.3 is 40.1 Å². The first-order valence-corrected chi connectivity index (χ1v) is 5.72. The monoisotopic (exact) mass is 276 g/mol. The third-order valence-electron chi connectivity index (χ3n) is 1.73. The lowest BCUT2D eigenvalue weighted by atomic mass is 10.0. The maximum atomic E-state index is 10.3. The van der Waals surface area contributed by atoms with Crippen LogP contribution in [0.15, 0.2) is 0 Å². The lowest BCUT2D eigenvalue weighted by Gasteiger charge is -2.27. The number of aliphatic hydroxyl groups excluding tert-OH is 5. The first-order valence-electron chi connectivity index (χ1n) is 4.19. The summed E-state index contributed by atoms with van der Waals surface area (Å²) in [5.41, 5.74) is 0. The Morgan fingerprint density at radius 2 is 1.41 bits per heavy atom. The fourth-order valence-electron chi connectivity index (χ4n) is 0.856. The summed E-state index contributed by atoms with van der Waals surface area (Å²) in [7, 11) is -5.11. The van der Waals surface area contributed by atoms with Crippen molar-refractivity contribution in [2.45, 2.75) is 30.7 Å². The zero-order valence-corrected chi connectivity index (χ0v) is 9.16. The predicted octanol–water partition coefficient (Wildman–Crippen LogP) is -3.94. The molecular weight excluding hydrogens is 263 g/mol. The van der Waals surface area contributed by atoms with Crippen molar-refractivity contribution in [2.24, 2.45) is 0 Å². The number of hydrogen-bond acceptors (Lipinski definition) is 8. The lowest BCUT2D eigenvalue weighted by Crippen LogP contribution is -2.49. The van der Waals surface area contributed by atoms with Gasteiger partial charge in [0.1, 0.15) is 24.4 Å². The minimum atomic E-state index is -5.11. The van der Waals surface area contributed by atoms with Crippen LogP contribution < -0.4 is 0 Å². The summed E-state index contributed by atoms with van der Waals surface area (Å²) in [6, 6.07) is 0. The third kappa shape index (κ3) is 5.64. The normalized spacial score (nSPS) is 21.4. The highest BCUT2D eigenvalue weighted by Gasteiger charge is 2.37. The number of carbonyl (C=O) groups is 1. The van der Waals surface area contributed by atoms with Gasteiger partial charge in [0.05, 0.1) is 0 Å². The van der Waals surface area contributed by atoms with Crippen LogP contribution in [0.25, 0.3) is 0 Å². The molecule has 0 rings (SSSR count). The van der Waals surface area contributed by atoms with Crippen molar-refractivity contribution in [1.29, 1.82) is 0 Å². The first kappa shape index (κ1) is 16.6.